The summed E-state index contributed by atoms with van der Waals surface area (Å²) in [6, 6.07) is 18.3. The first-order valence-electron chi connectivity index (χ1n) is 8.66. The molecule has 0 radical (unpaired) electrons. The molecule has 0 spiro atoms. The number of nitrogens with zero attached hydrogens (tertiary/aromatic N) is 2. The average Bonchev–Trinajstić information content (AvgIpc) is 3.26. The van der Waals surface area contributed by atoms with Crippen molar-refractivity contribution in [2.24, 2.45) is 0 Å². The lowest BCUT2D eigenvalue weighted by molar-refractivity contribution is 0.340. The van der Waals surface area contributed by atoms with E-state index in [-0.39, 0.29) is 12.1 Å². The van der Waals surface area contributed by atoms with Gasteiger partial charge < -0.3 is 15.0 Å². The summed E-state index contributed by atoms with van der Waals surface area (Å²) in [5.74, 6) is 0.857. The molecule has 1 saturated heterocycles. The van der Waals surface area contributed by atoms with E-state index in [9.17, 15) is 0 Å². The molecule has 1 fully saturated rings. The fraction of sp³-hybridized carbons (Fsp3) is 0.200. The summed E-state index contributed by atoms with van der Waals surface area (Å²) in [4.78, 5) is 7.96. The second kappa shape index (κ2) is 7.96. The maximum Gasteiger partial charge on any atom is 0.174 e. The Morgan fingerprint density at radius 1 is 1.19 bits per heavy atom. The van der Waals surface area contributed by atoms with Gasteiger partial charge in [0, 0.05) is 16.8 Å². The highest BCUT2D eigenvalue weighted by atomic mass is 79.9. The minimum absolute atomic E-state index is 0.0178. The van der Waals surface area contributed by atoms with Gasteiger partial charge in [-0.2, -0.15) is 0 Å². The lowest BCUT2D eigenvalue weighted by atomic mass is 10.0. The summed E-state index contributed by atoms with van der Waals surface area (Å²) in [5.41, 5.74) is 2.01. The molecule has 138 valence electrons. The maximum atomic E-state index is 5.72. The van der Waals surface area contributed by atoms with E-state index < -0.39 is 0 Å². The van der Waals surface area contributed by atoms with Crippen LogP contribution in [0.2, 0.25) is 0 Å². The predicted octanol–water partition coefficient (Wildman–Crippen LogP) is 5.48. The zero-order valence-electron chi connectivity index (χ0n) is 14.6. The summed E-state index contributed by atoms with van der Waals surface area (Å²) < 4.78 is 6.67. The first-order chi connectivity index (χ1) is 13.2. The number of hydrogen-bond donors (Lipinski definition) is 1. The predicted molar refractivity (Wildman–Crippen MR) is 118 cm³/mol. The Bertz CT molecular complexity index is 930. The number of pyridine rings is 1. The molecule has 27 heavy (non-hydrogen) atoms. The Kier molecular flexibility index (Phi) is 5.43. The zero-order valence-corrected chi connectivity index (χ0v) is 17.9. The summed E-state index contributed by atoms with van der Waals surface area (Å²) in [6.45, 7) is 2.63. The zero-order chi connectivity index (χ0) is 18.8. The van der Waals surface area contributed by atoms with Crippen molar-refractivity contribution in [2.45, 2.75) is 19.0 Å². The second-order valence-corrected chi connectivity index (χ2v) is 8.95. The third kappa shape index (κ3) is 3.72. The second-order valence-electron chi connectivity index (χ2n) is 6.07. The van der Waals surface area contributed by atoms with E-state index in [0.29, 0.717) is 11.7 Å². The molecule has 1 aliphatic heterocycles. The van der Waals surface area contributed by atoms with Crippen LogP contribution in [0.25, 0.3) is 0 Å². The number of halogens is 1. The number of anilines is 1. The van der Waals surface area contributed by atoms with Gasteiger partial charge in [-0.15, -0.1) is 11.3 Å². The molecule has 0 unspecified atom stereocenters. The molecule has 0 saturated carbocycles. The van der Waals surface area contributed by atoms with Crippen molar-refractivity contribution >= 4 is 50.3 Å². The van der Waals surface area contributed by atoms with Gasteiger partial charge in [-0.25, -0.2) is 0 Å². The third-order valence-corrected chi connectivity index (χ3v) is 6.42. The summed E-state index contributed by atoms with van der Waals surface area (Å²) in [6.07, 6.45) is 1.82. The molecule has 2 aromatic heterocycles. The number of rotatable bonds is 5. The average molecular weight is 460 g/mol. The van der Waals surface area contributed by atoms with Crippen molar-refractivity contribution in [3.8, 4) is 5.75 Å². The molecule has 2 atom stereocenters. The van der Waals surface area contributed by atoms with Crippen LogP contribution in [0.1, 0.15) is 29.6 Å². The Hall–Kier alpha value is -1.96. The Morgan fingerprint density at radius 2 is 2.00 bits per heavy atom. The van der Waals surface area contributed by atoms with Crippen molar-refractivity contribution in [3.05, 3.63) is 75.2 Å². The van der Waals surface area contributed by atoms with Crippen LogP contribution in [0.4, 0.5) is 5.69 Å². The fourth-order valence-corrected chi connectivity index (χ4v) is 5.18. The van der Waals surface area contributed by atoms with E-state index in [1.165, 1.54) is 4.88 Å². The number of thiocarbonyl (C=S) groups is 1. The van der Waals surface area contributed by atoms with Crippen LogP contribution >= 0.6 is 39.5 Å². The van der Waals surface area contributed by atoms with Crippen molar-refractivity contribution < 1.29 is 4.74 Å². The molecule has 1 aromatic carbocycles. The monoisotopic (exact) mass is 459 g/mol. The number of benzene rings is 1. The van der Waals surface area contributed by atoms with Crippen molar-refractivity contribution in [2.75, 3.05) is 11.5 Å². The van der Waals surface area contributed by atoms with Crippen LogP contribution in [-0.4, -0.2) is 16.7 Å². The van der Waals surface area contributed by atoms with E-state index >= 15 is 0 Å². The highest BCUT2D eigenvalue weighted by Gasteiger charge is 2.41. The molecule has 3 aromatic rings. The molecule has 1 N–H and O–H groups in total. The lowest BCUT2D eigenvalue weighted by Gasteiger charge is -2.27. The highest BCUT2D eigenvalue weighted by molar-refractivity contribution is 9.11. The summed E-state index contributed by atoms with van der Waals surface area (Å²) >= 11 is 11.0. The number of thiophene rings is 1. The molecule has 0 amide bonds. The van der Waals surface area contributed by atoms with Crippen molar-refractivity contribution in [3.63, 3.8) is 0 Å². The van der Waals surface area contributed by atoms with Gasteiger partial charge in [-0.1, -0.05) is 6.07 Å². The Balaban J connectivity index is 1.75. The molecule has 7 heteroatoms. The molecule has 1 aliphatic rings. The van der Waals surface area contributed by atoms with Gasteiger partial charge in [-0.3, -0.25) is 4.98 Å². The van der Waals surface area contributed by atoms with Crippen molar-refractivity contribution in [1.82, 2.24) is 10.3 Å². The molecular weight excluding hydrogens is 442 g/mol. The first kappa shape index (κ1) is 18.4. The highest BCUT2D eigenvalue weighted by Crippen LogP contribution is 2.44. The van der Waals surface area contributed by atoms with Gasteiger partial charge in [0.1, 0.15) is 5.75 Å². The molecule has 4 rings (SSSR count). The summed E-state index contributed by atoms with van der Waals surface area (Å²) in [5, 5.41) is 4.17. The van der Waals surface area contributed by atoms with E-state index in [1.54, 1.807) is 11.3 Å². The van der Waals surface area contributed by atoms with Crippen LogP contribution in [-0.2, 0) is 0 Å². The largest absolute Gasteiger partial charge is 0.494 e. The van der Waals surface area contributed by atoms with E-state index in [2.05, 4.69) is 55.4 Å². The van der Waals surface area contributed by atoms with Crippen LogP contribution in [0.3, 0.4) is 0 Å². The third-order valence-electron chi connectivity index (χ3n) is 4.41. The van der Waals surface area contributed by atoms with Crippen LogP contribution in [0.5, 0.6) is 5.75 Å². The quantitative estimate of drug-likeness (QED) is 0.511. The van der Waals surface area contributed by atoms with Gasteiger partial charge in [0.15, 0.2) is 5.11 Å². The van der Waals surface area contributed by atoms with Crippen molar-refractivity contribution in [1.29, 1.82) is 0 Å². The smallest absolute Gasteiger partial charge is 0.174 e. The maximum absolute atomic E-state index is 5.72. The number of ether oxygens (including phenoxy) is 1. The minimum Gasteiger partial charge on any atom is -0.494 e. The molecule has 4 nitrogen and oxygen atoms in total. The van der Waals surface area contributed by atoms with E-state index in [1.807, 2.05) is 43.5 Å². The molecular formula is C20H18BrN3OS2. The Labute approximate surface area is 176 Å². The van der Waals surface area contributed by atoms with Gasteiger partial charge in [0.25, 0.3) is 0 Å². The summed E-state index contributed by atoms with van der Waals surface area (Å²) in [7, 11) is 0. The first-order valence-corrected chi connectivity index (χ1v) is 10.7. The van der Waals surface area contributed by atoms with Gasteiger partial charge in [0.2, 0.25) is 0 Å². The minimum atomic E-state index is -0.0178. The number of nitrogens with one attached hydrogen (secondary N) is 1. The fourth-order valence-electron chi connectivity index (χ4n) is 3.28. The van der Waals surface area contributed by atoms with Gasteiger partial charge >= 0.3 is 0 Å². The standard InChI is InChI=1S/C20H18BrN3OS2/c1-2-25-14-8-6-13(7-9-14)24-19(16-10-11-17(21)27-16)18(23-20(24)26)15-5-3-4-12-22-15/h3-12,18-19H,2H2,1H3,(H,23,26)/t18-,19-/m0/s1. The van der Waals surface area contributed by atoms with E-state index in [0.717, 1.165) is 20.9 Å². The molecule has 3 heterocycles. The number of aromatic nitrogens is 1. The van der Waals surface area contributed by atoms with E-state index in [4.69, 9.17) is 17.0 Å². The molecule has 0 bridgehead atoms. The van der Waals surface area contributed by atoms with Gasteiger partial charge in [0.05, 0.1) is 28.2 Å². The molecule has 0 aliphatic carbocycles. The lowest BCUT2D eigenvalue weighted by Crippen LogP contribution is -2.29. The van der Waals surface area contributed by atoms with Crippen LogP contribution in [0.15, 0.2) is 64.6 Å². The van der Waals surface area contributed by atoms with Gasteiger partial charge in [-0.05, 0) is 83.6 Å². The Morgan fingerprint density at radius 3 is 2.63 bits per heavy atom. The topological polar surface area (TPSA) is 37.4 Å². The normalized spacial score (nSPS) is 19.2. The SMILES string of the molecule is CCOc1ccc(N2C(=S)N[C@@H](c3ccccn3)[C@@H]2c2ccc(Br)s2)cc1. The number of hydrogen-bond acceptors (Lipinski definition) is 4. The van der Waals surface area contributed by atoms with Crippen LogP contribution < -0.4 is 15.0 Å². The van der Waals surface area contributed by atoms with Crippen LogP contribution in [0, 0.1) is 0 Å².